The number of carbonyl (C=O) groups is 1. The summed E-state index contributed by atoms with van der Waals surface area (Å²) in [4.78, 5) is 16.4. The van der Waals surface area contributed by atoms with Crippen LogP contribution in [0.2, 0.25) is 0 Å². The molecule has 1 aliphatic heterocycles. The maximum Gasteiger partial charge on any atom is 0.416 e. The number of amides is 1. The molecule has 156 valence electrons. The molecule has 0 bridgehead atoms. The zero-order valence-electron chi connectivity index (χ0n) is 15.7. The van der Waals surface area contributed by atoms with Crippen LogP contribution < -0.4 is 0 Å². The van der Waals surface area contributed by atoms with Gasteiger partial charge in [-0.05, 0) is 34.9 Å². The van der Waals surface area contributed by atoms with Gasteiger partial charge < -0.3 is 4.90 Å². The number of halogens is 3. The van der Waals surface area contributed by atoms with E-state index in [4.69, 9.17) is 0 Å². The molecule has 1 amide bonds. The van der Waals surface area contributed by atoms with E-state index in [1.165, 1.54) is 23.9 Å². The molecule has 0 atom stereocenters. The maximum atomic E-state index is 12.9. The molecular formula is C18H21F3N6OS. The van der Waals surface area contributed by atoms with Crippen LogP contribution in [0.15, 0.2) is 29.4 Å². The molecule has 1 saturated carbocycles. The average molecular weight is 426 g/mol. The number of aromatic nitrogens is 4. The van der Waals surface area contributed by atoms with Gasteiger partial charge in [0.15, 0.2) is 0 Å². The summed E-state index contributed by atoms with van der Waals surface area (Å²) in [5.74, 6) is 0.305. The van der Waals surface area contributed by atoms with Crippen molar-refractivity contribution in [3.8, 4) is 0 Å². The van der Waals surface area contributed by atoms with E-state index in [2.05, 4.69) is 20.4 Å². The molecule has 7 nitrogen and oxygen atoms in total. The SMILES string of the molecule is O=C(CSc1nnnn1C1CC1)N1CCN(Cc2cccc(C(F)(F)F)c2)CC1. The van der Waals surface area contributed by atoms with Crippen LogP contribution in [0.25, 0.3) is 0 Å². The fourth-order valence-corrected chi connectivity index (χ4v) is 4.15. The minimum Gasteiger partial charge on any atom is -0.339 e. The molecule has 0 unspecified atom stereocenters. The minimum atomic E-state index is -4.34. The van der Waals surface area contributed by atoms with Crippen molar-refractivity contribution in [1.82, 2.24) is 30.0 Å². The van der Waals surface area contributed by atoms with Crippen LogP contribution in [0.5, 0.6) is 0 Å². The number of piperazine rings is 1. The molecule has 29 heavy (non-hydrogen) atoms. The Kier molecular flexibility index (Phi) is 5.77. The third-order valence-corrected chi connectivity index (χ3v) is 5.98. The number of hydrogen-bond acceptors (Lipinski definition) is 6. The van der Waals surface area contributed by atoms with Crippen molar-refractivity contribution in [2.45, 2.75) is 36.8 Å². The van der Waals surface area contributed by atoms with E-state index >= 15 is 0 Å². The first kappa shape index (κ1) is 20.1. The molecule has 1 saturated heterocycles. The lowest BCUT2D eigenvalue weighted by molar-refractivity contribution is -0.137. The van der Waals surface area contributed by atoms with Crippen molar-refractivity contribution in [1.29, 1.82) is 0 Å². The van der Waals surface area contributed by atoms with Crippen LogP contribution in [-0.2, 0) is 17.5 Å². The van der Waals surface area contributed by atoms with Gasteiger partial charge in [-0.1, -0.05) is 30.0 Å². The monoisotopic (exact) mass is 426 g/mol. The lowest BCUT2D eigenvalue weighted by Gasteiger charge is -2.34. The van der Waals surface area contributed by atoms with Crippen LogP contribution in [0, 0.1) is 0 Å². The number of nitrogens with zero attached hydrogens (tertiary/aromatic N) is 6. The Labute approximate surface area is 170 Å². The Morgan fingerprint density at radius 3 is 2.62 bits per heavy atom. The van der Waals surface area contributed by atoms with Gasteiger partial charge in [0.25, 0.3) is 0 Å². The van der Waals surface area contributed by atoms with Gasteiger partial charge >= 0.3 is 6.18 Å². The number of alkyl halides is 3. The summed E-state index contributed by atoms with van der Waals surface area (Å²) in [7, 11) is 0. The van der Waals surface area contributed by atoms with Crippen LogP contribution in [0.1, 0.15) is 30.0 Å². The quantitative estimate of drug-likeness (QED) is 0.661. The Balaban J connectivity index is 1.25. The number of thioether (sulfide) groups is 1. The van der Waals surface area contributed by atoms with Gasteiger partial charge in [0.05, 0.1) is 17.4 Å². The molecular weight excluding hydrogens is 405 g/mol. The van der Waals surface area contributed by atoms with Crippen molar-refractivity contribution >= 4 is 17.7 Å². The van der Waals surface area contributed by atoms with E-state index in [0.717, 1.165) is 18.9 Å². The van der Waals surface area contributed by atoms with E-state index in [9.17, 15) is 18.0 Å². The fraction of sp³-hybridized carbons (Fsp3) is 0.556. The number of carbonyl (C=O) groups excluding carboxylic acids is 1. The summed E-state index contributed by atoms with van der Waals surface area (Å²) in [6, 6.07) is 5.77. The first-order chi connectivity index (χ1) is 13.9. The highest BCUT2D eigenvalue weighted by atomic mass is 32.2. The second-order valence-corrected chi connectivity index (χ2v) is 8.22. The topological polar surface area (TPSA) is 67.2 Å². The van der Waals surface area contributed by atoms with Crippen molar-refractivity contribution in [3.63, 3.8) is 0 Å². The van der Waals surface area contributed by atoms with Gasteiger partial charge in [-0.3, -0.25) is 9.69 Å². The maximum absolute atomic E-state index is 12.9. The van der Waals surface area contributed by atoms with Gasteiger partial charge in [-0.15, -0.1) is 5.10 Å². The van der Waals surface area contributed by atoms with Crippen molar-refractivity contribution in [3.05, 3.63) is 35.4 Å². The molecule has 0 radical (unpaired) electrons. The lowest BCUT2D eigenvalue weighted by atomic mass is 10.1. The van der Waals surface area contributed by atoms with Gasteiger partial charge in [-0.25, -0.2) is 4.68 Å². The van der Waals surface area contributed by atoms with Gasteiger partial charge in [0.1, 0.15) is 0 Å². The van der Waals surface area contributed by atoms with Crippen molar-refractivity contribution in [2.24, 2.45) is 0 Å². The number of rotatable bonds is 6. The normalized spacial score (nSPS) is 18.2. The molecule has 1 aromatic carbocycles. The molecule has 2 aromatic rings. The highest BCUT2D eigenvalue weighted by Gasteiger charge is 2.31. The fourth-order valence-electron chi connectivity index (χ4n) is 3.31. The minimum absolute atomic E-state index is 0.0269. The summed E-state index contributed by atoms with van der Waals surface area (Å²) in [6.07, 6.45) is -2.20. The van der Waals surface area contributed by atoms with Crippen molar-refractivity contribution < 1.29 is 18.0 Å². The second kappa shape index (κ2) is 8.31. The lowest BCUT2D eigenvalue weighted by Crippen LogP contribution is -2.48. The summed E-state index contributed by atoms with van der Waals surface area (Å²) < 4.78 is 40.4. The molecule has 0 spiro atoms. The van der Waals surface area contributed by atoms with Crippen molar-refractivity contribution in [2.75, 3.05) is 31.9 Å². The zero-order valence-corrected chi connectivity index (χ0v) is 16.5. The highest BCUT2D eigenvalue weighted by Crippen LogP contribution is 2.36. The largest absolute Gasteiger partial charge is 0.416 e. The third-order valence-electron chi connectivity index (χ3n) is 5.07. The van der Waals surface area contributed by atoms with E-state index in [-0.39, 0.29) is 11.7 Å². The van der Waals surface area contributed by atoms with Gasteiger partial charge in [0, 0.05) is 32.7 Å². The van der Waals surface area contributed by atoms with Crippen LogP contribution in [0.3, 0.4) is 0 Å². The molecule has 4 rings (SSSR count). The summed E-state index contributed by atoms with van der Waals surface area (Å²) in [5, 5.41) is 12.3. The highest BCUT2D eigenvalue weighted by molar-refractivity contribution is 7.99. The first-order valence-corrected chi connectivity index (χ1v) is 10.5. The standard InChI is InChI=1S/C18H21F3N6OS/c19-18(20,21)14-3-1-2-13(10-14)11-25-6-8-26(9-7-25)16(28)12-29-17-22-23-24-27(17)15-4-5-15/h1-3,10,15H,4-9,11-12H2. The summed E-state index contributed by atoms with van der Waals surface area (Å²) in [6.45, 7) is 2.83. The Bertz CT molecular complexity index is 861. The number of benzene rings is 1. The van der Waals surface area contributed by atoms with Crippen LogP contribution in [0.4, 0.5) is 13.2 Å². The van der Waals surface area contributed by atoms with Crippen LogP contribution in [-0.4, -0.2) is 67.8 Å². The number of tetrazole rings is 1. The Morgan fingerprint density at radius 1 is 1.17 bits per heavy atom. The van der Waals surface area contributed by atoms with E-state index in [1.807, 2.05) is 0 Å². The zero-order chi connectivity index (χ0) is 20.4. The first-order valence-electron chi connectivity index (χ1n) is 9.47. The molecule has 2 fully saturated rings. The van der Waals surface area contributed by atoms with E-state index in [0.29, 0.717) is 49.5 Å². The Morgan fingerprint density at radius 2 is 1.93 bits per heavy atom. The average Bonchev–Trinajstić information content (AvgIpc) is 3.44. The molecule has 11 heteroatoms. The predicted molar refractivity (Wildman–Crippen MR) is 100 cm³/mol. The summed E-state index contributed by atoms with van der Waals surface area (Å²) >= 11 is 1.35. The second-order valence-electron chi connectivity index (χ2n) is 7.28. The van der Waals surface area contributed by atoms with E-state index < -0.39 is 11.7 Å². The van der Waals surface area contributed by atoms with Crippen LogP contribution >= 0.6 is 11.8 Å². The predicted octanol–water partition coefficient (Wildman–Crippen LogP) is 2.46. The van der Waals surface area contributed by atoms with Gasteiger partial charge in [0.2, 0.25) is 11.1 Å². The van der Waals surface area contributed by atoms with Gasteiger partial charge in [-0.2, -0.15) is 13.2 Å². The third kappa shape index (κ3) is 5.08. The molecule has 2 heterocycles. The Hall–Kier alpha value is -2.14. The van der Waals surface area contributed by atoms with E-state index in [1.54, 1.807) is 15.6 Å². The molecule has 1 aromatic heterocycles. The number of hydrogen-bond donors (Lipinski definition) is 0. The smallest absolute Gasteiger partial charge is 0.339 e. The summed E-state index contributed by atoms with van der Waals surface area (Å²) in [5.41, 5.74) is -0.00329. The molecule has 1 aliphatic carbocycles. The molecule has 0 N–H and O–H groups in total. The molecule has 2 aliphatic rings.